The van der Waals surface area contributed by atoms with Crippen LogP contribution < -0.4 is 5.32 Å². The third-order valence-corrected chi connectivity index (χ3v) is 4.94. The number of carboxylic acids is 1. The van der Waals surface area contributed by atoms with E-state index in [9.17, 15) is 19.5 Å². The second-order valence-corrected chi connectivity index (χ2v) is 7.01. The topological polar surface area (TPSA) is 102 Å². The van der Waals surface area contributed by atoms with Crippen molar-refractivity contribution in [3.63, 3.8) is 0 Å². The van der Waals surface area contributed by atoms with Crippen molar-refractivity contribution in [2.75, 3.05) is 13.6 Å². The van der Waals surface area contributed by atoms with Crippen molar-refractivity contribution in [1.29, 1.82) is 0 Å². The number of aromatic nitrogens is 1. The highest BCUT2D eigenvalue weighted by Gasteiger charge is 2.35. The number of carbonyl (C=O) groups is 3. The fourth-order valence-corrected chi connectivity index (χ4v) is 3.85. The van der Waals surface area contributed by atoms with Crippen LogP contribution in [-0.4, -0.2) is 52.4 Å². The molecule has 7 heteroatoms. The van der Waals surface area contributed by atoms with Crippen LogP contribution in [0.15, 0.2) is 30.5 Å². The van der Waals surface area contributed by atoms with Gasteiger partial charge < -0.3 is 10.1 Å². The van der Waals surface area contributed by atoms with Gasteiger partial charge in [0.1, 0.15) is 0 Å². The van der Waals surface area contributed by atoms with Crippen LogP contribution in [0.1, 0.15) is 25.0 Å². The molecule has 2 amide bonds. The number of carbonyl (C=O) groups excluding carboxylic acids is 2. The number of fused-ring (bicyclic) bond motifs is 2. The number of H-pyrrole nitrogens is 1. The lowest BCUT2D eigenvalue weighted by molar-refractivity contribution is -0.140. The average Bonchev–Trinajstić information content (AvgIpc) is 2.99. The fraction of sp³-hybridized carbons (Fsp3) is 0.350. The molecule has 1 aliphatic heterocycles. The molecule has 0 bridgehead atoms. The molecule has 142 valence electrons. The predicted octanol–water partition coefficient (Wildman–Crippen LogP) is 1.79. The smallest absolute Gasteiger partial charge is 0.311 e. The van der Waals surface area contributed by atoms with E-state index in [1.165, 1.54) is 35.9 Å². The molecular formula is C20H23N3O4. The summed E-state index contributed by atoms with van der Waals surface area (Å²) in [6, 6.07) is 6.51. The minimum Gasteiger partial charge on any atom is -0.481 e. The first-order valence-corrected chi connectivity index (χ1v) is 8.80. The van der Waals surface area contributed by atoms with Gasteiger partial charge >= 0.3 is 5.97 Å². The summed E-state index contributed by atoms with van der Waals surface area (Å²) in [5, 5.41) is 12.6. The van der Waals surface area contributed by atoms with Gasteiger partial charge in [0.05, 0.1) is 5.92 Å². The molecule has 0 saturated heterocycles. The highest BCUT2D eigenvalue weighted by molar-refractivity contribution is 5.99. The molecule has 3 N–H and O–H groups in total. The van der Waals surface area contributed by atoms with Gasteiger partial charge in [-0.2, -0.15) is 0 Å². The maximum atomic E-state index is 11.3. The predicted molar refractivity (Wildman–Crippen MR) is 102 cm³/mol. The summed E-state index contributed by atoms with van der Waals surface area (Å²) in [7, 11) is 2.02. The summed E-state index contributed by atoms with van der Waals surface area (Å²) < 4.78 is 0. The van der Waals surface area contributed by atoms with Crippen molar-refractivity contribution in [2.24, 2.45) is 5.92 Å². The largest absolute Gasteiger partial charge is 0.481 e. The molecule has 1 aromatic carbocycles. The maximum Gasteiger partial charge on any atom is 0.311 e. The molecule has 1 aromatic heterocycles. The molecule has 1 aliphatic carbocycles. The molecule has 7 nitrogen and oxygen atoms in total. The number of aliphatic carboxylic acids is 1. The molecule has 27 heavy (non-hydrogen) atoms. The number of imide groups is 1. The van der Waals surface area contributed by atoms with Crippen LogP contribution in [-0.2, 0) is 20.8 Å². The quantitative estimate of drug-likeness (QED) is 0.711. The molecule has 0 unspecified atom stereocenters. The second kappa shape index (κ2) is 7.36. The zero-order chi connectivity index (χ0) is 19.7. The van der Waals surface area contributed by atoms with E-state index >= 15 is 0 Å². The molecule has 2 aromatic rings. The third-order valence-electron chi connectivity index (χ3n) is 4.94. The van der Waals surface area contributed by atoms with Gasteiger partial charge in [-0.1, -0.05) is 18.2 Å². The lowest BCUT2D eigenvalue weighted by atomic mass is 9.80. The molecule has 4 rings (SSSR count). The monoisotopic (exact) mass is 369 g/mol. The molecule has 0 saturated carbocycles. The van der Waals surface area contributed by atoms with Crippen LogP contribution in [0.3, 0.4) is 0 Å². The number of amides is 2. The van der Waals surface area contributed by atoms with E-state index in [0.29, 0.717) is 12.6 Å². The number of nitrogens with zero attached hydrogens (tertiary/aromatic N) is 1. The minimum atomic E-state index is -0.741. The van der Waals surface area contributed by atoms with Crippen LogP contribution in [0, 0.1) is 5.92 Å². The Bertz CT molecular complexity index is 932. The van der Waals surface area contributed by atoms with E-state index < -0.39 is 11.9 Å². The van der Waals surface area contributed by atoms with Crippen LogP contribution in [0.2, 0.25) is 0 Å². The van der Waals surface area contributed by atoms with Gasteiger partial charge in [0.2, 0.25) is 11.8 Å². The van der Waals surface area contributed by atoms with Gasteiger partial charge in [0, 0.05) is 43.5 Å². The number of hydrogen-bond donors (Lipinski definition) is 3. The SMILES string of the molecule is CC(=O)NC(C)=O.CN1C[C@H](C(=O)O)C=C2c3cccc4[nH]cc(c34)C[C@H]21. The molecule has 2 atom stereocenters. The first kappa shape index (κ1) is 18.8. The number of aromatic amines is 1. The van der Waals surface area contributed by atoms with Crippen LogP contribution in [0.25, 0.3) is 16.5 Å². The third kappa shape index (κ3) is 3.78. The number of rotatable bonds is 1. The molecule has 2 aliphatic rings. The van der Waals surface area contributed by atoms with Gasteiger partial charge in [-0.25, -0.2) is 0 Å². The van der Waals surface area contributed by atoms with Gasteiger partial charge in [-0.05, 0) is 36.2 Å². The second-order valence-electron chi connectivity index (χ2n) is 7.01. The van der Waals surface area contributed by atoms with Crippen LogP contribution >= 0.6 is 0 Å². The Morgan fingerprint density at radius 2 is 1.93 bits per heavy atom. The van der Waals surface area contributed by atoms with Crippen molar-refractivity contribution in [3.05, 3.63) is 41.6 Å². The van der Waals surface area contributed by atoms with Crippen molar-refractivity contribution in [2.45, 2.75) is 26.3 Å². The summed E-state index contributed by atoms with van der Waals surface area (Å²) in [6.07, 6.45) is 4.99. The summed E-state index contributed by atoms with van der Waals surface area (Å²) >= 11 is 0. The van der Waals surface area contributed by atoms with Crippen molar-refractivity contribution in [3.8, 4) is 0 Å². The normalized spacial score (nSPS) is 20.8. The van der Waals surface area contributed by atoms with Crippen molar-refractivity contribution >= 4 is 34.3 Å². The lowest BCUT2D eigenvalue weighted by Gasteiger charge is -2.38. The Balaban J connectivity index is 0.000000260. The number of hydrogen-bond acceptors (Lipinski definition) is 4. The van der Waals surface area contributed by atoms with Gasteiger partial charge in [0.15, 0.2) is 0 Å². The van der Waals surface area contributed by atoms with E-state index in [0.717, 1.165) is 11.9 Å². The first-order chi connectivity index (χ1) is 12.8. The summed E-state index contributed by atoms with van der Waals surface area (Å²) in [6.45, 7) is 3.17. The van der Waals surface area contributed by atoms with E-state index in [1.54, 1.807) is 0 Å². The highest BCUT2D eigenvalue weighted by atomic mass is 16.4. The Kier molecular flexibility index (Phi) is 5.14. The highest BCUT2D eigenvalue weighted by Crippen LogP contribution is 2.40. The lowest BCUT2D eigenvalue weighted by Crippen LogP contribution is -2.44. The van der Waals surface area contributed by atoms with Gasteiger partial charge in [-0.15, -0.1) is 0 Å². The zero-order valence-electron chi connectivity index (χ0n) is 15.6. The summed E-state index contributed by atoms with van der Waals surface area (Å²) in [4.78, 5) is 36.7. The Morgan fingerprint density at radius 1 is 1.22 bits per heavy atom. The number of benzene rings is 1. The number of nitrogens with one attached hydrogen (secondary N) is 2. The molecule has 0 spiro atoms. The molecule has 0 fully saturated rings. The Hall–Kier alpha value is -2.93. The zero-order valence-corrected chi connectivity index (χ0v) is 15.6. The summed E-state index contributed by atoms with van der Waals surface area (Å²) in [5.41, 5.74) is 4.83. The van der Waals surface area contributed by atoms with E-state index in [4.69, 9.17) is 0 Å². The number of likely N-dealkylation sites (N-methyl/N-ethyl adjacent to an activating group) is 1. The molecule has 2 heterocycles. The maximum absolute atomic E-state index is 11.3. The minimum absolute atomic E-state index is 0.291. The number of carboxylic acid groups (broad SMARTS) is 1. The van der Waals surface area contributed by atoms with Crippen molar-refractivity contribution < 1.29 is 19.5 Å². The fourth-order valence-electron chi connectivity index (χ4n) is 3.85. The first-order valence-electron chi connectivity index (χ1n) is 8.80. The Labute approximate surface area is 157 Å². The van der Waals surface area contributed by atoms with Crippen LogP contribution in [0.4, 0.5) is 0 Å². The average molecular weight is 369 g/mol. The van der Waals surface area contributed by atoms with Gasteiger partial charge in [-0.3, -0.25) is 24.6 Å². The van der Waals surface area contributed by atoms with E-state index in [1.807, 2.05) is 24.5 Å². The molecule has 0 radical (unpaired) electrons. The van der Waals surface area contributed by atoms with Crippen LogP contribution in [0.5, 0.6) is 0 Å². The summed E-state index contributed by atoms with van der Waals surface area (Å²) in [5.74, 6) is -1.78. The van der Waals surface area contributed by atoms with E-state index in [2.05, 4.69) is 28.2 Å². The standard InChI is InChI=1S/C16H16N2O2.C4H7NO2/c1-18-8-10(16(19)20)5-12-11-3-2-4-13-15(11)9(7-17-13)6-14(12)18;1-3(6)5-4(2)7/h2-5,7,10,14,17H,6,8H2,1H3,(H,19,20);1-2H3,(H,5,6,7)/t10-,14-;/m1./s1. The van der Waals surface area contributed by atoms with Crippen molar-refractivity contribution in [1.82, 2.24) is 15.2 Å². The molecular weight excluding hydrogens is 346 g/mol. The Morgan fingerprint density at radius 3 is 2.52 bits per heavy atom. The van der Waals surface area contributed by atoms with Gasteiger partial charge in [0.25, 0.3) is 0 Å². The van der Waals surface area contributed by atoms with E-state index in [-0.39, 0.29) is 11.8 Å².